The third-order valence-electron chi connectivity index (χ3n) is 4.79. The molecule has 2 heterocycles. The van der Waals surface area contributed by atoms with Crippen LogP contribution in [0.25, 0.3) is 11.0 Å². The van der Waals surface area contributed by atoms with Crippen LogP contribution in [0.1, 0.15) is 35.1 Å². The van der Waals surface area contributed by atoms with E-state index >= 15 is 0 Å². The summed E-state index contributed by atoms with van der Waals surface area (Å²) in [7, 11) is 1.34. The molecular formula is C20H20N4O3. The summed E-state index contributed by atoms with van der Waals surface area (Å²) in [5.41, 5.74) is 2.94. The average Bonchev–Trinajstić information content (AvgIpc) is 3.34. The molecule has 0 spiro atoms. The van der Waals surface area contributed by atoms with Gasteiger partial charge in [-0.05, 0) is 49.2 Å². The predicted octanol–water partition coefficient (Wildman–Crippen LogP) is 3.72. The molecule has 3 aromatic rings. The number of aromatic amines is 1. The molecule has 2 N–H and O–H groups in total. The maximum absolute atomic E-state index is 12.8. The van der Waals surface area contributed by atoms with Crippen molar-refractivity contribution in [1.82, 2.24) is 14.9 Å². The molecule has 27 heavy (non-hydrogen) atoms. The summed E-state index contributed by atoms with van der Waals surface area (Å²) >= 11 is 0. The molecule has 0 unspecified atom stereocenters. The standard InChI is InChI=1S/C20H20N4O3/c1-27-19(25)13-8-10-14(11-9-13)21-20(26)24-12-4-7-17(24)18-22-15-5-2-3-6-16(15)23-18/h2-3,5-6,8-11,17H,4,7,12H2,1H3,(H,21,26)(H,22,23)/t17-/m1/s1. The summed E-state index contributed by atoms with van der Waals surface area (Å²) in [6.45, 7) is 0.674. The van der Waals surface area contributed by atoms with E-state index in [0.717, 1.165) is 29.7 Å². The number of nitrogens with zero attached hydrogens (tertiary/aromatic N) is 2. The van der Waals surface area contributed by atoms with E-state index in [0.29, 0.717) is 17.8 Å². The number of rotatable bonds is 3. The van der Waals surface area contributed by atoms with Crippen LogP contribution in [0.5, 0.6) is 0 Å². The number of imidazole rings is 1. The summed E-state index contributed by atoms with van der Waals surface area (Å²) in [6, 6.07) is 14.2. The van der Waals surface area contributed by atoms with Gasteiger partial charge in [0.25, 0.3) is 0 Å². The number of nitrogens with one attached hydrogen (secondary N) is 2. The lowest BCUT2D eigenvalue weighted by atomic mass is 10.2. The summed E-state index contributed by atoms with van der Waals surface area (Å²) in [5.74, 6) is 0.405. The Bertz CT molecular complexity index is 947. The van der Waals surface area contributed by atoms with Crippen LogP contribution in [-0.4, -0.2) is 40.5 Å². The number of carbonyl (C=O) groups excluding carboxylic acids is 2. The van der Waals surface area contributed by atoms with Gasteiger partial charge in [0.05, 0.1) is 29.7 Å². The van der Waals surface area contributed by atoms with E-state index in [1.54, 1.807) is 29.2 Å². The minimum absolute atomic E-state index is 0.0771. The van der Waals surface area contributed by atoms with Gasteiger partial charge < -0.3 is 19.9 Å². The molecule has 138 valence electrons. The maximum atomic E-state index is 12.8. The number of para-hydroxylation sites is 2. The number of hydrogen-bond acceptors (Lipinski definition) is 4. The van der Waals surface area contributed by atoms with E-state index in [1.807, 2.05) is 24.3 Å². The molecule has 1 aromatic heterocycles. The number of likely N-dealkylation sites (tertiary alicyclic amines) is 1. The zero-order valence-corrected chi connectivity index (χ0v) is 14.9. The van der Waals surface area contributed by atoms with E-state index < -0.39 is 5.97 Å². The molecule has 0 radical (unpaired) electrons. The fourth-order valence-electron chi connectivity index (χ4n) is 3.43. The number of H-pyrrole nitrogens is 1. The van der Waals surface area contributed by atoms with Gasteiger partial charge in [-0.2, -0.15) is 0 Å². The number of methoxy groups -OCH3 is 1. The van der Waals surface area contributed by atoms with Gasteiger partial charge in [-0.25, -0.2) is 14.6 Å². The first kappa shape index (κ1) is 17.1. The van der Waals surface area contributed by atoms with Crippen LogP contribution in [0.4, 0.5) is 10.5 Å². The fourth-order valence-corrected chi connectivity index (χ4v) is 3.43. The van der Waals surface area contributed by atoms with Crippen LogP contribution in [0.15, 0.2) is 48.5 Å². The minimum Gasteiger partial charge on any atom is -0.465 e. The van der Waals surface area contributed by atoms with Crippen molar-refractivity contribution in [2.75, 3.05) is 19.0 Å². The van der Waals surface area contributed by atoms with Crippen molar-refractivity contribution in [1.29, 1.82) is 0 Å². The molecule has 2 aromatic carbocycles. The van der Waals surface area contributed by atoms with E-state index in [2.05, 4.69) is 20.0 Å². The van der Waals surface area contributed by atoms with Gasteiger partial charge in [-0.15, -0.1) is 0 Å². The van der Waals surface area contributed by atoms with Gasteiger partial charge in [-0.3, -0.25) is 0 Å². The molecule has 1 fully saturated rings. The SMILES string of the molecule is COC(=O)c1ccc(NC(=O)N2CCC[C@@H]2c2nc3ccccc3[nH]2)cc1. The number of aromatic nitrogens is 2. The average molecular weight is 364 g/mol. The largest absolute Gasteiger partial charge is 0.465 e. The number of fused-ring (bicyclic) bond motifs is 1. The van der Waals surface area contributed by atoms with Crippen molar-refractivity contribution in [3.05, 3.63) is 59.9 Å². The lowest BCUT2D eigenvalue weighted by Gasteiger charge is -2.23. The third kappa shape index (κ3) is 3.36. The van der Waals surface area contributed by atoms with Crippen molar-refractivity contribution >= 4 is 28.7 Å². The second kappa shape index (κ2) is 7.11. The molecular weight excluding hydrogens is 344 g/mol. The zero-order chi connectivity index (χ0) is 18.8. The van der Waals surface area contributed by atoms with Gasteiger partial charge >= 0.3 is 12.0 Å². The van der Waals surface area contributed by atoms with E-state index in [9.17, 15) is 9.59 Å². The molecule has 7 nitrogen and oxygen atoms in total. The number of urea groups is 1. The second-order valence-corrected chi connectivity index (χ2v) is 6.49. The Balaban J connectivity index is 1.49. The number of amides is 2. The van der Waals surface area contributed by atoms with Crippen LogP contribution in [0.3, 0.4) is 0 Å². The Labute approximate surface area is 156 Å². The summed E-state index contributed by atoms with van der Waals surface area (Å²) < 4.78 is 4.68. The molecule has 1 aliphatic rings. The third-order valence-corrected chi connectivity index (χ3v) is 4.79. The van der Waals surface area contributed by atoms with Gasteiger partial charge in [-0.1, -0.05) is 12.1 Å². The van der Waals surface area contributed by atoms with Crippen LogP contribution >= 0.6 is 0 Å². The number of carbonyl (C=O) groups is 2. The summed E-state index contributed by atoms with van der Waals surface area (Å²) in [6.07, 6.45) is 1.80. The van der Waals surface area contributed by atoms with Crippen molar-refractivity contribution in [2.24, 2.45) is 0 Å². The molecule has 1 aliphatic heterocycles. The topological polar surface area (TPSA) is 87.3 Å². The number of anilines is 1. The first-order valence-electron chi connectivity index (χ1n) is 8.86. The molecule has 4 rings (SSSR count). The second-order valence-electron chi connectivity index (χ2n) is 6.49. The fraction of sp³-hybridized carbons (Fsp3) is 0.250. The molecule has 0 aliphatic carbocycles. The lowest BCUT2D eigenvalue weighted by Crippen LogP contribution is -2.34. The normalized spacial score (nSPS) is 16.5. The van der Waals surface area contributed by atoms with E-state index in [-0.39, 0.29) is 12.1 Å². The molecule has 0 bridgehead atoms. The highest BCUT2D eigenvalue weighted by molar-refractivity contribution is 5.92. The van der Waals surface area contributed by atoms with Crippen LogP contribution in [-0.2, 0) is 4.74 Å². The summed E-state index contributed by atoms with van der Waals surface area (Å²) in [4.78, 5) is 34.0. The van der Waals surface area contributed by atoms with Crippen LogP contribution in [0.2, 0.25) is 0 Å². The first-order chi connectivity index (χ1) is 13.2. The summed E-state index contributed by atoms with van der Waals surface area (Å²) in [5, 5.41) is 2.89. The van der Waals surface area contributed by atoms with Gasteiger partial charge in [0.15, 0.2) is 0 Å². The predicted molar refractivity (Wildman–Crippen MR) is 102 cm³/mol. The van der Waals surface area contributed by atoms with Gasteiger partial charge in [0, 0.05) is 12.2 Å². The molecule has 1 saturated heterocycles. The highest BCUT2D eigenvalue weighted by Crippen LogP contribution is 2.32. The quantitative estimate of drug-likeness (QED) is 0.694. The molecule has 0 saturated carbocycles. The maximum Gasteiger partial charge on any atom is 0.337 e. The van der Waals surface area contributed by atoms with Crippen molar-refractivity contribution in [3.63, 3.8) is 0 Å². The van der Waals surface area contributed by atoms with Crippen molar-refractivity contribution < 1.29 is 14.3 Å². The van der Waals surface area contributed by atoms with Gasteiger partial charge in [0.2, 0.25) is 0 Å². The molecule has 1 atom stereocenters. The number of benzene rings is 2. The minimum atomic E-state index is -0.405. The molecule has 7 heteroatoms. The highest BCUT2D eigenvalue weighted by atomic mass is 16.5. The van der Waals surface area contributed by atoms with Gasteiger partial charge in [0.1, 0.15) is 5.82 Å². The van der Waals surface area contributed by atoms with Crippen molar-refractivity contribution in [3.8, 4) is 0 Å². The first-order valence-corrected chi connectivity index (χ1v) is 8.86. The van der Waals surface area contributed by atoms with E-state index in [4.69, 9.17) is 0 Å². The number of esters is 1. The Hall–Kier alpha value is -3.35. The Morgan fingerprint density at radius 2 is 1.96 bits per heavy atom. The van der Waals surface area contributed by atoms with E-state index in [1.165, 1.54) is 7.11 Å². The smallest absolute Gasteiger partial charge is 0.337 e. The van der Waals surface area contributed by atoms with Crippen LogP contribution < -0.4 is 5.32 Å². The molecule has 2 amide bonds. The Kier molecular flexibility index (Phi) is 4.50. The lowest BCUT2D eigenvalue weighted by molar-refractivity contribution is 0.0600. The van der Waals surface area contributed by atoms with Crippen molar-refractivity contribution in [2.45, 2.75) is 18.9 Å². The monoisotopic (exact) mass is 364 g/mol. The number of hydrogen-bond donors (Lipinski definition) is 2. The Morgan fingerprint density at radius 1 is 1.19 bits per heavy atom. The highest BCUT2D eigenvalue weighted by Gasteiger charge is 2.32. The Morgan fingerprint density at radius 3 is 2.70 bits per heavy atom. The van der Waals surface area contributed by atoms with Crippen LogP contribution in [0, 0.1) is 0 Å². The zero-order valence-electron chi connectivity index (χ0n) is 14.9. The number of ether oxygens (including phenoxy) is 1.